The van der Waals surface area contributed by atoms with Crippen LogP contribution in [0.1, 0.15) is 37.7 Å². The third-order valence-electron chi connectivity index (χ3n) is 3.54. The van der Waals surface area contributed by atoms with E-state index in [1.165, 1.54) is 18.6 Å². The van der Waals surface area contributed by atoms with Crippen LogP contribution in [0.2, 0.25) is 0 Å². The van der Waals surface area contributed by atoms with Crippen LogP contribution in [0.15, 0.2) is 18.2 Å². The largest absolute Gasteiger partial charge is 0.325 e. The molecule has 3 N–H and O–H groups in total. The first-order chi connectivity index (χ1) is 9.70. The van der Waals surface area contributed by atoms with Crippen molar-refractivity contribution in [2.75, 3.05) is 11.9 Å². The van der Waals surface area contributed by atoms with E-state index in [1.807, 2.05) is 0 Å². The van der Waals surface area contributed by atoms with Gasteiger partial charge in [0.05, 0.1) is 17.8 Å². The molecular weight excluding hydrogens is 255 g/mol. The van der Waals surface area contributed by atoms with Crippen molar-refractivity contribution in [3.8, 4) is 11.8 Å². The minimum absolute atomic E-state index is 0.00658. The minimum Gasteiger partial charge on any atom is -0.325 e. The molecule has 0 radical (unpaired) electrons. The van der Waals surface area contributed by atoms with E-state index in [9.17, 15) is 9.18 Å². The minimum atomic E-state index is -0.373. The zero-order valence-corrected chi connectivity index (χ0v) is 11.4. The van der Waals surface area contributed by atoms with E-state index in [4.69, 9.17) is 5.73 Å². The van der Waals surface area contributed by atoms with Gasteiger partial charge >= 0.3 is 0 Å². The van der Waals surface area contributed by atoms with Crippen molar-refractivity contribution in [2.45, 2.75) is 32.1 Å². The first-order valence-electron chi connectivity index (χ1n) is 7.00. The first-order valence-corrected chi connectivity index (χ1v) is 7.00. The zero-order chi connectivity index (χ0) is 14.4. The van der Waals surface area contributed by atoms with Crippen molar-refractivity contribution in [3.63, 3.8) is 0 Å². The Morgan fingerprint density at radius 2 is 2.10 bits per heavy atom. The van der Waals surface area contributed by atoms with Crippen LogP contribution in [-0.2, 0) is 4.79 Å². The lowest BCUT2D eigenvalue weighted by Gasteiger charge is -2.21. The highest BCUT2D eigenvalue weighted by molar-refractivity contribution is 5.93. The lowest BCUT2D eigenvalue weighted by molar-refractivity contribution is -0.120. The molecule has 2 rings (SSSR count). The van der Waals surface area contributed by atoms with E-state index in [0.29, 0.717) is 11.3 Å². The summed E-state index contributed by atoms with van der Waals surface area (Å²) in [5.74, 6) is 5.17. The molecule has 0 heterocycles. The summed E-state index contributed by atoms with van der Waals surface area (Å²) >= 11 is 0. The number of nitrogens with one attached hydrogen (secondary N) is 1. The number of hydrogen-bond acceptors (Lipinski definition) is 2. The number of rotatable bonds is 2. The Balaban J connectivity index is 2.13. The van der Waals surface area contributed by atoms with E-state index in [2.05, 4.69) is 17.2 Å². The molecule has 106 valence electrons. The molecule has 0 unspecified atom stereocenters. The van der Waals surface area contributed by atoms with E-state index >= 15 is 0 Å². The van der Waals surface area contributed by atoms with E-state index in [0.717, 1.165) is 25.7 Å². The normalized spacial score (nSPS) is 15.3. The third kappa shape index (κ3) is 3.82. The van der Waals surface area contributed by atoms with Gasteiger partial charge in [-0.05, 0) is 31.0 Å². The standard InChI is InChI=1S/C16H19FN2O/c17-14-8-9-15(13(11-14)7-4-10-18)19-16(20)12-5-2-1-3-6-12/h8-9,11-12H,1-3,5-6,10,18H2,(H,19,20). The van der Waals surface area contributed by atoms with Crippen LogP contribution < -0.4 is 11.1 Å². The van der Waals surface area contributed by atoms with Crippen molar-refractivity contribution in [1.29, 1.82) is 0 Å². The zero-order valence-electron chi connectivity index (χ0n) is 11.4. The summed E-state index contributed by atoms with van der Waals surface area (Å²) in [6.07, 6.45) is 5.25. The fourth-order valence-corrected chi connectivity index (χ4v) is 2.47. The van der Waals surface area contributed by atoms with Crippen LogP contribution >= 0.6 is 0 Å². The maximum absolute atomic E-state index is 13.3. The summed E-state index contributed by atoms with van der Waals surface area (Å²) in [6, 6.07) is 4.19. The Kier molecular flexibility index (Phi) is 5.14. The van der Waals surface area contributed by atoms with Crippen LogP contribution in [0.4, 0.5) is 10.1 Å². The summed E-state index contributed by atoms with van der Waals surface area (Å²) < 4.78 is 13.3. The molecule has 0 bridgehead atoms. The topological polar surface area (TPSA) is 55.1 Å². The average molecular weight is 274 g/mol. The van der Waals surface area contributed by atoms with Crippen LogP contribution in [0.3, 0.4) is 0 Å². The molecule has 1 aromatic rings. The molecule has 1 aliphatic carbocycles. The molecule has 0 atom stereocenters. The van der Waals surface area contributed by atoms with Gasteiger partial charge in [-0.2, -0.15) is 0 Å². The van der Waals surface area contributed by atoms with Crippen LogP contribution in [0.5, 0.6) is 0 Å². The number of carbonyl (C=O) groups is 1. The second-order valence-electron chi connectivity index (χ2n) is 5.02. The number of halogens is 1. The van der Waals surface area contributed by atoms with E-state index < -0.39 is 0 Å². The van der Waals surface area contributed by atoms with Crippen molar-refractivity contribution >= 4 is 11.6 Å². The highest BCUT2D eigenvalue weighted by atomic mass is 19.1. The monoisotopic (exact) mass is 274 g/mol. The van der Waals surface area contributed by atoms with Crippen molar-refractivity contribution in [3.05, 3.63) is 29.6 Å². The molecule has 0 aromatic heterocycles. The number of nitrogens with two attached hydrogens (primary N) is 1. The summed E-state index contributed by atoms with van der Waals surface area (Å²) in [4.78, 5) is 12.2. The second kappa shape index (κ2) is 7.06. The van der Waals surface area contributed by atoms with Gasteiger partial charge in [-0.1, -0.05) is 31.1 Å². The third-order valence-corrected chi connectivity index (χ3v) is 3.54. The molecule has 0 spiro atoms. The fourth-order valence-electron chi connectivity index (χ4n) is 2.47. The number of hydrogen-bond donors (Lipinski definition) is 2. The number of amides is 1. The molecule has 1 saturated carbocycles. The molecule has 0 aliphatic heterocycles. The van der Waals surface area contributed by atoms with Gasteiger partial charge in [0, 0.05) is 5.92 Å². The lowest BCUT2D eigenvalue weighted by Crippen LogP contribution is -2.25. The Bertz CT molecular complexity index is 539. The van der Waals surface area contributed by atoms with Gasteiger partial charge in [0.2, 0.25) is 5.91 Å². The van der Waals surface area contributed by atoms with Gasteiger partial charge in [-0.15, -0.1) is 0 Å². The fraction of sp³-hybridized carbons (Fsp3) is 0.438. The molecular formula is C16H19FN2O. The SMILES string of the molecule is NCC#Cc1cc(F)ccc1NC(=O)C1CCCCC1. The first kappa shape index (κ1) is 14.5. The summed E-state index contributed by atoms with van der Waals surface area (Å²) in [7, 11) is 0. The molecule has 1 aliphatic rings. The number of carbonyl (C=O) groups excluding carboxylic acids is 1. The molecule has 1 amide bonds. The van der Waals surface area contributed by atoms with Crippen LogP contribution in [0.25, 0.3) is 0 Å². The summed E-state index contributed by atoms with van der Waals surface area (Å²) in [5, 5.41) is 2.87. The van der Waals surface area contributed by atoms with Gasteiger partial charge in [-0.3, -0.25) is 4.79 Å². The highest BCUT2D eigenvalue weighted by Crippen LogP contribution is 2.25. The van der Waals surface area contributed by atoms with Gasteiger partial charge in [0.25, 0.3) is 0 Å². The van der Waals surface area contributed by atoms with Crippen molar-refractivity contribution in [2.24, 2.45) is 11.7 Å². The van der Waals surface area contributed by atoms with Gasteiger partial charge in [-0.25, -0.2) is 4.39 Å². The van der Waals surface area contributed by atoms with Gasteiger partial charge in [0.15, 0.2) is 0 Å². The van der Waals surface area contributed by atoms with Crippen molar-refractivity contribution < 1.29 is 9.18 Å². The molecule has 4 heteroatoms. The molecule has 3 nitrogen and oxygen atoms in total. The predicted octanol–water partition coefficient (Wildman–Crippen LogP) is 2.65. The van der Waals surface area contributed by atoms with Crippen molar-refractivity contribution in [1.82, 2.24) is 0 Å². The lowest BCUT2D eigenvalue weighted by atomic mass is 9.88. The molecule has 20 heavy (non-hydrogen) atoms. The second-order valence-corrected chi connectivity index (χ2v) is 5.02. The van der Waals surface area contributed by atoms with E-state index in [-0.39, 0.29) is 24.2 Å². The van der Waals surface area contributed by atoms with Crippen LogP contribution in [0, 0.1) is 23.6 Å². The maximum Gasteiger partial charge on any atom is 0.227 e. The van der Waals surface area contributed by atoms with Crippen LogP contribution in [-0.4, -0.2) is 12.5 Å². The highest BCUT2D eigenvalue weighted by Gasteiger charge is 2.21. The molecule has 1 aromatic carbocycles. The number of benzene rings is 1. The average Bonchev–Trinajstić information content (AvgIpc) is 2.48. The molecule has 0 saturated heterocycles. The Hall–Kier alpha value is -1.86. The maximum atomic E-state index is 13.3. The van der Waals surface area contributed by atoms with Gasteiger partial charge < -0.3 is 11.1 Å². The Morgan fingerprint density at radius 1 is 1.35 bits per heavy atom. The number of anilines is 1. The summed E-state index contributed by atoms with van der Waals surface area (Å²) in [6.45, 7) is 0.201. The smallest absolute Gasteiger partial charge is 0.227 e. The summed E-state index contributed by atoms with van der Waals surface area (Å²) in [5.41, 5.74) is 6.36. The van der Waals surface area contributed by atoms with E-state index in [1.54, 1.807) is 6.07 Å². The Morgan fingerprint density at radius 3 is 2.80 bits per heavy atom. The molecule has 1 fully saturated rings. The Labute approximate surface area is 118 Å². The quantitative estimate of drug-likeness (QED) is 0.815. The van der Waals surface area contributed by atoms with Gasteiger partial charge in [0.1, 0.15) is 5.82 Å². The predicted molar refractivity (Wildman–Crippen MR) is 77.5 cm³/mol.